The number of Topliss-reactive ketones (excluding diaryl/α,β-unsaturated/α-hetero) is 1. The van der Waals surface area contributed by atoms with E-state index >= 15 is 0 Å². The number of methoxy groups -OCH3 is 1. The van der Waals surface area contributed by atoms with Gasteiger partial charge in [-0.3, -0.25) is 4.79 Å². The number of halogens is 1. The molecule has 0 radical (unpaired) electrons. The van der Waals surface area contributed by atoms with Gasteiger partial charge < -0.3 is 9.47 Å². The molecule has 0 spiro atoms. The van der Waals surface area contributed by atoms with Crippen LogP contribution in [-0.4, -0.2) is 26.1 Å². The summed E-state index contributed by atoms with van der Waals surface area (Å²) in [6.45, 7) is 2.76. The highest BCUT2D eigenvalue weighted by Gasteiger charge is 2.12. The van der Waals surface area contributed by atoms with Crippen LogP contribution in [0.1, 0.15) is 23.7 Å². The monoisotopic (exact) mass is 226 g/mol. The van der Waals surface area contributed by atoms with Crippen molar-refractivity contribution in [2.75, 3.05) is 20.3 Å². The van der Waals surface area contributed by atoms with E-state index in [0.29, 0.717) is 19.0 Å². The third-order valence-electron chi connectivity index (χ3n) is 2.14. The van der Waals surface area contributed by atoms with Crippen LogP contribution in [0.4, 0.5) is 4.39 Å². The highest BCUT2D eigenvalue weighted by atomic mass is 19.1. The molecule has 0 heterocycles. The molecule has 0 bridgehead atoms. The minimum Gasteiger partial charge on any atom is -0.496 e. The lowest BCUT2D eigenvalue weighted by Gasteiger charge is -2.07. The Kier molecular flexibility index (Phi) is 4.92. The molecule has 0 atom stereocenters. The van der Waals surface area contributed by atoms with Crippen molar-refractivity contribution < 1.29 is 18.7 Å². The molecule has 0 aliphatic carbocycles. The molecular formula is C12H15FO3. The summed E-state index contributed by atoms with van der Waals surface area (Å²) in [5.74, 6) is -0.228. The van der Waals surface area contributed by atoms with Crippen molar-refractivity contribution in [1.82, 2.24) is 0 Å². The molecule has 0 unspecified atom stereocenters. The molecule has 0 aromatic heterocycles. The minimum absolute atomic E-state index is 0.176. The molecule has 0 aliphatic rings. The van der Waals surface area contributed by atoms with Gasteiger partial charge >= 0.3 is 0 Å². The molecule has 0 aliphatic heterocycles. The summed E-state index contributed by atoms with van der Waals surface area (Å²) in [6.07, 6.45) is 0.230. The quantitative estimate of drug-likeness (QED) is 0.552. The average Bonchev–Trinajstić information content (AvgIpc) is 2.29. The standard InChI is InChI=1S/C12H15FO3/c1-3-16-7-6-11(14)10-8-9(13)4-5-12(10)15-2/h4-5,8H,3,6-7H2,1-2H3. The van der Waals surface area contributed by atoms with Gasteiger partial charge in [0, 0.05) is 13.0 Å². The van der Waals surface area contributed by atoms with Gasteiger partial charge in [0.1, 0.15) is 11.6 Å². The first kappa shape index (κ1) is 12.6. The summed E-state index contributed by atoms with van der Waals surface area (Å²) >= 11 is 0. The van der Waals surface area contributed by atoms with Gasteiger partial charge in [-0.2, -0.15) is 0 Å². The van der Waals surface area contributed by atoms with E-state index < -0.39 is 5.82 Å². The first-order chi connectivity index (χ1) is 7.69. The first-order valence-electron chi connectivity index (χ1n) is 5.13. The fourth-order valence-electron chi connectivity index (χ4n) is 1.34. The van der Waals surface area contributed by atoms with E-state index in [9.17, 15) is 9.18 Å². The van der Waals surface area contributed by atoms with E-state index in [4.69, 9.17) is 9.47 Å². The molecule has 0 N–H and O–H groups in total. The second-order valence-electron chi connectivity index (χ2n) is 3.21. The average molecular weight is 226 g/mol. The predicted molar refractivity (Wildman–Crippen MR) is 58.4 cm³/mol. The first-order valence-corrected chi connectivity index (χ1v) is 5.13. The van der Waals surface area contributed by atoms with Crippen LogP contribution in [0, 0.1) is 5.82 Å². The molecule has 3 nitrogen and oxygen atoms in total. The Morgan fingerprint density at radius 1 is 1.44 bits per heavy atom. The normalized spacial score (nSPS) is 10.2. The molecule has 0 fully saturated rings. The Bertz CT molecular complexity index is 363. The number of carbonyl (C=O) groups excluding carboxylic acids is 1. The summed E-state index contributed by atoms with van der Waals surface area (Å²) in [5.41, 5.74) is 0.266. The molecule has 0 amide bonds. The largest absolute Gasteiger partial charge is 0.496 e. The van der Waals surface area contributed by atoms with E-state index in [0.717, 1.165) is 0 Å². The number of carbonyl (C=O) groups is 1. The minimum atomic E-state index is -0.444. The predicted octanol–water partition coefficient (Wildman–Crippen LogP) is 2.44. The van der Waals surface area contributed by atoms with E-state index in [1.807, 2.05) is 6.92 Å². The zero-order valence-corrected chi connectivity index (χ0v) is 9.46. The third-order valence-corrected chi connectivity index (χ3v) is 2.14. The van der Waals surface area contributed by atoms with E-state index in [1.54, 1.807) is 0 Å². The van der Waals surface area contributed by atoms with Gasteiger partial charge in [-0.05, 0) is 25.1 Å². The lowest BCUT2D eigenvalue weighted by Crippen LogP contribution is -2.07. The fraction of sp³-hybridized carbons (Fsp3) is 0.417. The van der Waals surface area contributed by atoms with Gasteiger partial charge in [0.15, 0.2) is 5.78 Å². The summed E-state index contributed by atoms with van der Waals surface area (Å²) in [6, 6.07) is 3.90. The Morgan fingerprint density at radius 2 is 2.19 bits per heavy atom. The Balaban J connectivity index is 2.76. The van der Waals surface area contributed by atoms with Crippen molar-refractivity contribution in [2.24, 2.45) is 0 Å². The zero-order chi connectivity index (χ0) is 12.0. The van der Waals surface area contributed by atoms with Crippen LogP contribution in [0.5, 0.6) is 5.75 Å². The van der Waals surface area contributed by atoms with Crippen LogP contribution >= 0.6 is 0 Å². The van der Waals surface area contributed by atoms with E-state index in [2.05, 4.69) is 0 Å². The molecule has 1 rings (SSSR count). The number of ether oxygens (including phenoxy) is 2. The van der Waals surface area contributed by atoms with Crippen molar-refractivity contribution in [3.63, 3.8) is 0 Å². The van der Waals surface area contributed by atoms with Gasteiger partial charge in [0.25, 0.3) is 0 Å². The molecule has 1 aromatic rings. The lowest BCUT2D eigenvalue weighted by atomic mass is 10.1. The smallest absolute Gasteiger partial charge is 0.168 e. The summed E-state index contributed by atoms with van der Waals surface area (Å²) < 4.78 is 23.1. The molecule has 16 heavy (non-hydrogen) atoms. The molecule has 1 aromatic carbocycles. The van der Waals surface area contributed by atoms with Gasteiger partial charge in [0.2, 0.25) is 0 Å². The highest BCUT2D eigenvalue weighted by molar-refractivity contribution is 5.98. The number of hydrogen-bond donors (Lipinski definition) is 0. The molecule has 88 valence electrons. The van der Waals surface area contributed by atoms with Gasteiger partial charge in [-0.1, -0.05) is 0 Å². The van der Waals surface area contributed by atoms with Crippen LogP contribution in [0.3, 0.4) is 0 Å². The second kappa shape index (κ2) is 6.23. The lowest BCUT2D eigenvalue weighted by molar-refractivity contribution is 0.0892. The SMILES string of the molecule is CCOCCC(=O)c1cc(F)ccc1OC. The maximum atomic E-state index is 13.0. The third kappa shape index (κ3) is 3.31. The van der Waals surface area contributed by atoms with Crippen molar-refractivity contribution in [2.45, 2.75) is 13.3 Å². The summed E-state index contributed by atoms with van der Waals surface area (Å²) in [4.78, 5) is 11.7. The maximum Gasteiger partial charge on any atom is 0.168 e. The summed E-state index contributed by atoms with van der Waals surface area (Å²) in [5, 5.41) is 0. The summed E-state index contributed by atoms with van der Waals surface area (Å²) in [7, 11) is 1.45. The Labute approximate surface area is 94.2 Å². The molecule has 0 saturated carbocycles. The fourth-order valence-corrected chi connectivity index (χ4v) is 1.34. The van der Waals surface area contributed by atoms with Crippen molar-refractivity contribution in [3.8, 4) is 5.75 Å². The number of benzene rings is 1. The molecular weight excluding hydrogens is 211 g/mol. The van der Waals surface area contributed by atoms with E-state index in [1.165, 1.54) is 25.3 Å². The number of rotatable bonds is 6. The number of ketones is 1. The van der Waals surface area contributed by atoms with E-state index in [-0.39, 0.29) is 17.8 Å². The van der Waals surface area contributed by atoms with Gasteiger partial charge in [-0.25, -0.2) is 4.39 Å². The Morgan fingerprint density at radius 3 is 2.81 bits per heavy atom. The topological polar surface area (TPSA) is 35.5 Å². The van der Waals surface area contributed by atoms with Gasteiger partial charge in [-0.15, -0.1) is 0 Å². The van der Waals surface area contributed by atoms with Crippen LogP contribution in [0.15, 0.2) is 18.2 Å². The zero-order valence-electron chi connectivity index (χ0n) is 9.46. The van der Waals surface area contributed by atoms with Crippen molar-refractivity contribution in [3.05, 3.63) is 29.6 Å². The highest BCUT2D eigenvalue weighted by Crippen LogP contribution is 2.20. The van der Waals surface area contributed by atoms with Crippen LogP contribution < -0.4 is 4.74 Å². The van der Waals surface area contributed by atoms with Crippen LogP contribution in [0.2, 0.25) is 0 Å². The second-order valence-corrected chi connectivity index (χ2v) is 3.21. The molecule has 4 heteroatoms. The van der Waals surface area contributed by atoms with Crippen LogP contribution in [-0.2, 0) is 4.74 Å². The van der Waals surface area contributed by atoms with Gasteiger partial charge in [0.05, 0.1) is 19.3 Å². The van der Waals surface area contributed by atoms with Crippen LogP contribution in [0.25, 0.3) is 0 Å². The molecule has 0 saturated heterocycles. The number of hydrogen-bond acceptors (Lipinski definition) is 3. The van der Waals surface area contributed by atoms with Crippen molar-refractivity contribution in [1.29, 1.82) is 0 Å². The maximum absolute atomic E-state index is 13.0. The van der Waals surface area contributed by atoms with Crippen molar-refractivity contribution >= 4 is 5.78 Å². The Hall–Kier alpha value is -1.42.